The summed E-state index contributed by atoms with van der Waals surface area (Å²) in [6, 6.07) is 1.97. The van der Waals surface area contributed by atoms with Crippen molar-refractivity contribution >= 4 is 5.91 Å². The highest BCUT2D eigenvalue weighted by molar-refractivity contribution is 5.86. The molecular formula is C10H17N3O. The summed E-state index contributed by atoms with van der Waals surface area (Å²) in [6.07, 6.45) is 0. The zero-order valence-electron chi connectivity index (χ0n) is 9.24. The zero-order chi connectivity index (χ0) is 10.9. The Hall–Kier alpha value is -1.08. The van der Waals surface area contributed by atoms with E-state index in [-0.39, 0.29) is 11.9 Å². The Labute approximate surface area is 85.1 Å². The maximum Gasteiger partial charge on any atom is 0.242 e. The first-order chi connectivity index (χ1) is 6.41. The molecule has 4 heteroatoms. The monoisotopic (exact) mass is 195 g/mol. The van der Waals surface area contributed by atoms with Crippen LogP contribution in [0.2, 0.25) is 0 Å². The van der Waals surface area contributed by atoms with Crippen LogP contribution in [0.1, 0.15) is 20.8 Å². The predicted octanol–water partition coefficient (Wildman–Crippen LogP) is 0.451. The molecule has 0 bridgehead atoms. The number of hydrogen-bond donors (Lipinski definition) is 0. The van der Waals surface area contributed by atoms with Gasteiger partial charge in [-0.2, -0.15) is 5.26 Å². The minimum Gasteiger partial charge on any atom is -0.343 e. The zero-order valence-corrected chi connectivity index (χ0v) is 9.24. The number of rotatable bonds is 1. The van der Waals surface area contributed by atoms with E-state index in [0.717, 1.165) is 6.54 Å². The molecule has 1 atom stereocenters. The van der Waals surface area contributed by atoms with E-state index in [4.69, 9.17) is 5.26 Å². The lowest BCUT2D eigenvalue weighted by molar-refractivity contribution is -0.148. The van der Waals surface area contributed by atoms with Crippen molar-refractivity contribution in [3.63, 3.8) is 0 Å². The highest BCUT2D eigenvalue weighted by Crippen LogP contribution is 2.23. The van der Waals surface area contributed by atoms with Crippen molar-refractivity contribution in [3.05, 3.63) is 0 Å². The van der Waals surface area contributed by atoms with Gasteiger partial charge in [0.1, 0.15) is 0 Å². The lowest BCUT2D eigenvalue weighted by Gasteiger charge is -2.45. The smallest absolute Gasteiger partial charge is 0.242 e. The molecule has 0 aromatic heterocycles. The second kappa shape index (κ2) is 3.58. The van der Waals surface area contributed by atoms with Crippen LogP contribution in [-0.4, -0.2) is 47.4 Å². The van der Waals surface area contributed by atoms with Gasteiger partial charge in [0.05, 0.1) is 17.6 Å². The van der Waals surface area contributed by atoms with Gasteiger partial charge in [0, 0.05) is 20.1 Å². The topological polar surface area (TPSA) is 47.3 Å². The third kappa shape index (κ3) is 1.60. The van der Waals surface area contributed by atoms with Gasteiger partial charge >= 0.3 is 0 Å². The van der Waals surface area contributed by atoms with Gasteiger partial charge in [-0.25, -0.2) is 0 Å². The molecule has 1 saturated heterocycles. The van der Waals surface area contributed by atoms with Crippen molar-refractivity contribution in [2.75, 3.05) is 20.1 Å². The van der Waals surface area contributed by atoms with Crippen molar-refractivity contribution in [1.82, 2.24) is 9.80 Å². The highest BCUT2D eigenvalue weighted by atomic mass is 16.2. The maximum atomic E-state index is 11.9. The molecule has 78 valence electrons. The molecule has 1 aliphatic heterocycles. The van der Waals surface area contributed by atoms with Crippen LogP contribution in [0.3, 0.4) is 0 Å². The highest BCUT2D eigenvalue weighted by Gasteiger charge is 2.42. The molecule has 1 amide bonds. The lowest BCUT2D eigenvalue weighted by atomic mass is 9.96. The van der Waals surface area contributed by atoms with Gasteiger partial charge in [-0.1, -0.05) is 0 Å². The van der Waals surface area contributed by atoms with Crippen LogP contribution in [0.25, 0.3) is 0 Å². The summed E-state index contributed by atoms with van der Waals surface area (Å²) < 4.78 is 0. The van der Waals surface area contributed by atoms with Crippen LogP contribution in [0.4, 0.5) is 0 Å². The molecule has 0 aliphatic carbocycles. The van der Waals surface area contributed by atoms with Gasteiger partial charge in [0.25, 0.3) is 0 Å². The van der Waals surface area contributed by atoms with E-state index in [2.05, 4.69) is 6.07 Å². The van der Waals surface area contributed by atoms with E-state index < -0.39 is 5.54 Å². The normalized spacial score (nSPS) is 24.5. The number of nitrogens with zero attached hydrogens (tertiary/aromatic N) is 3. The van der Waals surface area contributed by atoms with E-state index in [1.54, 1.807) is 11.9 Å². The Morgan fingerprint density at radius 1 is 1.50 bits per heavy atom. The molecular weight excluding hydrogens is 178 g/mol. The Morgan fingerprint density at radius 3 is 2.57 bits per heavy atom. The van der Waals surface area contributed by atoms with Gasteiger partial charge < -0.3 is 4.90 Å². The van der Waals surface area contributed by atoms with Gasteiger partial charge in [-0.3, -0.25) is 9.69 Å². The average molecular weight is 195 g/mol. The summed E-state index contributed by atoms with van der Waals surface area (Å²) in [5.41, 5.74) is -0.553. The first-order valence-electron chi connectivity index (χ1n) is 4.83. The average Bonchev–Trinajstić information content (AvgIpc) is 2.13. The summed E-state index contributed by atoms with van der Waals surface area (Å²) in [4.78, 5) is 15.5. The first kappa shape index (κ1) is 11.0. The van der Waals surface area contributed by atoms with E-state index >= 15 is 0 Å². The Balaban J connectivity index is 2.91. The molecule has 14 heavy (non-hydrogen) atoms. The van der Waals surface area contributed by atoms with Crippen molar-refractivity contribution in [3.8, 4) is 6.07 Å². The molecule has 0 N–H and O–H groups in total. The largest absolute Gasteiger partial charge is 0.343 e. The quantitative estimate of drug-likeness (QED) is 0.610. The Kier molecular flexibility index (Phi) is 2.81. The van der Waals surface area contributed by atoms with E-state index in [1.165, 1.54) is 0 Å². The Bertz CT molecular complexity index is 280. The molecule has 1 fully saturated rings. The van der Waals surface area contributed by atoms with Crippen molar-refractivity contribution in [1.29, 1.82) is 5.26 Å². The molecule has 1 heterocycles. The van der Waals surface area contributed by atoms with Gasteiger partial charge in [0.15, 0.2) is 0 Å². The molecule has 0 aromatic carbocycles. The number of carbonyl (C=O) groups is 1. The maximum absolute atomic E-state index is 11.9. The molecule has 4 nitrogen and oxygen atoms in total. The minimum atomic E-state index is -0.553. The third-order valence-corrected chi connectivity index (χ3v) is 2.92. The molecule has 1 rings (SSSR count). The van der Waals surface area contributed by atoms with E-state index in [9.17, 15) is 4.79 Å². The van der Waals surface area contributed by atoms with Crippen molar-refractivity contribution in [2.45, 2.75) is 32.4 Å². The number of piperazine rings is 1. The van der Waals surface area contributed by atoms with Crippen LogP contribution >= 0.6 is 0 Å². The molecule has 0 spiro atoms. The summed E-state index contributed by atoms with van der Waals surface area (Å²) in [5.74, 6) is 0.0888. The summed E-state index contributed by atoms with van der Waals surface area (Å²) >= 11 is 0. The summed E-state index contributed by atoms with van der Waals surface area (Å²) in [6.45, 7) is 7.05. The third-order valence-electron chi connectivity index (χ3n) is 2.92. The van der Waals surface area contributed by atoms with Crippen molar-refractivity contribution in [2.24, 2.45) is 0 Å². The Morgan fingerprint density at radius 2 is 2.07 bits per heavy atom. The van der Waals surface area contributed by atoms with Crippen LogP contribution in [0.15, 0.2) is 0 Å². The standard InChI is InChI=1S/C10H17N3O/c1-8(7-11)13-6-5-12(4)9(14)10(13,2)3/h8H,5-6H2,1-4H3. The fraction of sp³-hybridized carbons (Fsp3) is 0.800. The second-order valence-electron chi connectivity index (χ2n) is 4.28. The van der Waals surface area contributed by atoms with Crippen LogP contribution in [0, 0.1) is 11.3 Å². The fourth-order valence-corrected chi connectivity index (χ4v) is 1.98. The number of nitriles is 1. The number of amides is 1. The fourth-order valence-electron chi connectivity index (χ4n) is 1.98. The summed E-state index contributed by atoms with van der Waals surface area (Å²) in [7, 11) is 1.80. The van der Waals surface area contributed by atoms with Gasteiger partial charge in [-0.15, -0.1) is 0 Å². The second-order valence-corrected chi connectivity index (χ2v) is 4.28. The molecule has 1 unspecified atom stereocenters. The van der Waals surface area contributed by atoms with E-state index in [1.807, 2.05) is 25.7 Å². The van der Waals surface area contributed by atoms with Gasteiger partial charge in [0.2, 0.25) is 5.91 Å². The summed E-state index contributed by atoms with van der Waals surface area (Å²) in [5, 5.41) is 8.85. The SMILES string of the molecule is CC(C#N)N1CCN(C)C(=O)C1(C)C. The molecule has 0 aromatic rings. The predicted molar refractivity (Wildman–Crippen MR) is 53.5 cm³/mol. The van der Waals surface area contributed by atoms with Gasteiger partial charge in [-0.05, 0) is 20.8 Å². The number of carbonyl (C=O) groups excluding carboxylic acids is 1. The first-order valence-corrected chi connectivity index (χ1v) is 4.83. The minimum absolute atomic E-state index is 0.0888. The molecule has 0 saturated carbocycles. The van der Waals surface area contributed by atoms with Crippen LogP contribution in [0.5, 0.6) is 0 Å². The number of hydrogen-bond acceptors (Lipinski definition) is 3. The lowest BCUT2D eigenvalue weighted by Crippen LogP contribution is -2.64. The van der Waals surface area contributed by atoms with Crippen LogP contribution in [-0.2, 0) is 4.79 Å². The van der Waals surface area contributed by atoms with Crippen molar-refractivity contribution < 1.29 is 4.79 Å². The van der Waals surface area contributed by atoms with Crippen LogP contribution < -0.4 is 0 Å². The molecule has 0 radical (unpaired) electrons. The van der Waals surface area contributed by atoms with E-state index in [0.29, 0.717) is 6.54 Å². The number of likely N-dealkylation sites (N-methyl/N-ethyl adjacent to an activating group) is 1. The molecule has 1 aliphatic rings.